The summed E-state index contributed by atoms with van der Waals surface area (Å²) >= 11 is 1.58. The number of fused-ring (bicyclic) bond motifs is 1. The second-order valence-corrected chi connectivity index (χ2v) is 6.50. The zero-order chi connectivity index (χ0) is 15.8. The summed E-state index contributed by atoms with van der Waals surface area (Å²) in [4.78, 5) is 14.5. The summed E-state index contributed by atoms with van der Waals surface area (Å²) in [6.45, 7) is 0.765. The molecule has 2 aliphatic heterocycles. The summed E-state index contributed by atoms with van der Waals surface area (Å²) in [6, 6.07) is 11.7. The molecule has 2 aromatic carbocycles. The number of thioether (sulfide) groups is 1. The average Bonchev–Trinajstić information content (AvgIpc) is 3.23. The number of hydrogen-bond donors (Lipinski definition) is 0. The SMILES string of the molecule is O=C(c1ccc2c(c1)OCO2)N1CCS[C@@H]1c1ccccc1F. The van der Waals surface area contributed by atoms with Gasteiger partial charge in [-0.1, -0.05) is 18.2 Å². The van der Waals surface area contributed by atoms with Gasteiger partial charge in [-0.2, -0.15) is 0 Å². The van der Waals surface area contributed by atoms with Crippen molar-refractivity contribution in [3.63, 3.8) is 0 Å². The van der Waals surface area contributed by atoms with E-state index in [9.17, 15) is 9.18 Å². The molecule has 2 aromatic rings. The lowest BCUT2D eigenvalue weighted by molar-refractivity contribution is 0.0758. The normalized spacial score (nSPS) is 19.2. The molecule has 0 aliphatic carbocycles. The molecule has 118 valence electrons. The topological polar surface area (TPSA) is 38.8 Å². The molecule has 1 atom stereocenters. The Morgan fingerprint density at radius 1 is 1.17 bits per heavy atom. The van der Waals surface area contributed by atoms with E-state index in [4.69, 9.17) is 9.47 Å². The number of nitrogens with zero attached hydrogens (tertiary/aromatic N) is 1. The molecule has 0 unspecified atom stereocenters. The van der Waals surface area contributed by atoms with Gasteiger partial charge in [0.05, 0.1) is 0 Å². The molecule has 23 heavy (non-hydrogen) atoms. The lowest BCUT2D eigenvalue weighted by atomic mass is 10.1. The third-order valence-electron chi connectivity index (χ3n) is 3.94. The molecule has 0 spiro atoms. The van der Waals surface area contributed by atoms with Crippen molar-refractivity contribution >= 4 is 17.7 Å². The van der Waals surface area contributed by atoms with Crippen LogP contribution in [0.5, 0.6) is 11.5 Å². The maximum atomic E-state index is 14.1. The van der Waals surface area contributed by atoms with E-state index in [2.05, 4.69) is 0 Å². The van der Waals surface area contributed by atoms with Crippen molar-refractivity contribution in [1.82, 2.24) is 4.90 Å². The third-order valence-corrected chi connectivity index (χ3v) is 5.19. The van der Waals surface area contributed by atoms with E-state index in [0.29, 0.717) is 29.2 Å². The Hall–Kier alpha value is -2.21. The Bertz CT molecular complexity index is 767. The highest BCUT2D eigenvalue weighted by molar-refractivity contribution is 7.99. The maximum Gasteiger partial charge on any atom is 0.255 e. The molecule has 0 saturated carbocycles. The molecule has 0 N–H and O–H groups in total. The van der Waals surface area contributed by atoms with E-state index in [-0.39, 0.29) is 23.9 Å². The Morgan fingerprint density at radius 3 is 2.87 bits per heavy atom. The smallest absolute Gasteiger partial charge is 0.255 e. The summed E-state index contributed by atoms with van der Waals surface area (Å²) in [5, 5.41) is -0.297. The molecule has 1 amide bonds. The summed E-state index contributed by atoms with van der Waals surface area (Å²) in [5.74, 6) is 1.60. The average molecular weight is 331 g/mol. The van der Waals surface area contributed by atoms with Crippen LogP contribution in [0.4, 0.5) is 4.39 Å². The molecule has 0 bridgehead atoms. The number of rotatable bonds is 2. The van der Waals surface area contributed by atoms with Gasteiger partial charge in [0.1, 0.15) is 11.2 Å². The van der Waals surface area contributed by atoms with Crippen LogP contribution >= 0.6 is 11.8 Å². The highest BCUT2D eigenvalue weighted by Crippen LogP contribution is 2.40. The molecular formula is C17H14FNO3S. The number of carbonyl (C=O) groups is 1. The van der Waals surface area contributed by atoms with Crippen LogP contribution in [0, 0.1) is 5.82 Å². The van der Waals surface area contributed by atoms with Gasteiger partial charge in [0.2, 0.25) is 6.79 Å². The molecule has 4 rings (SSSR count). The zero-order valence-corrected chi connectivity index (χ0v) is 13.0. The van der Waals surface area contributed by atoms with Crippen molar-refractivity contribution in [1.29, 1.82) is 0 Å². The molecule has 0 radical (unpaired) electrons. The van der Waals surface area contributed by atoms with Gasteiger partial charge >= 0.3 is 0 Å². The van der Waals surface area contributed by atoms with Gasteiger partial charge in [0.25, 0.3) is 5.91 Å². The van der Waals surface area contributed by atoms with Crippen LogP contribution in [0.3, 0.4) is 0 Å². The zero-order valence-electron chi connectivity index (χ0n) is 12.2. The van der Waals surface area contributed by atoms with Crippen molar-refractivity contribution in [2.24, 2.45) is 0 Å². The first-order valence-corrected chi connectivity index (χ1v) is 8.35. The first kappa shape index (κ1) is 14.4. The van der Waals surface area contributed by atoms with Crippen LogP contribution in [-0.2, 0) is 0 Å². The molecule has 1 saturated heterocycles. The van der Waals surface area contributed by atoms with Crippen LogP contribution in [-0.4, -0.2) is 29.9 Å². The first-order valence-electron chi connectivity index (χ1n) is 7.31. The Morgan fingerprint density at radius 2 is 2.00 bits per heavy atom. The van der Waals surface area contributed by atoms with Crippen LogP contribution in [0.15, 0.2) is 42.5 Å². The van der Waals surface area contributed by atoms with Crippen LogP contribution < -0.4 is 9.47 Å². The van der Waals surface area contributed by atoms with Gasteiger partial charge in [-0.15, -0.1) is 11.8 Å². The number of halogens is 1. The number of amides is 1. The van der Waals surface area contributed by atoms with Gasteiger partial charge in [0.15, 0.2) is 11.5 Å². The quantitative estimate of drug-likeness (QED) is 0.845. The number of hydrogen-bond acceptors (Lipinski definition) is 4. The van der Waals surface area contributed by atoms with Crippen LogP contribution in [0.1, 0.15) is 21.3 Å². The van der Waals surface area contributed by atoms with Crippen LogP contribution in [0.25, 0.3) is 0 Å². The van der Waals surface area contributed by atoms with Crippen molar-refractivity contribution in [2.75, 3.05) is 19.1 Å². The van der Waals surface area contributed by atoms with E-state index >= 15 is 0 Å². The fourth-order valence-electron chi connectivity index (χ4n) is 2.81. The summed E-state index contributed by atoms with van der Waals surface area (Å²) < 4.78 is 24.7. The molecule has 0 aromatic heterocycles. The molecule has 2 heterocycles. The van der Waals surface area contributed by atoms with E-state index < -0.39 is 0 Å². The van der Waals surface area contributed by atoms with Gasteiger partial charge in [0, 0.05) is 23.4 Å². The lowest BCUT2D eigenvalue weighted by Gasteiger charge is -2.24. The fraction of sp³-hybridized carbons (Fsp3) is 0.235. The minimum atomic E-state index is -0.297. The highest BCUT2D eigenvalue weighted by Gasteiger charge is 2.33. The second kappa shape index (κ2) is 5.77. The van der Waals surface area contributed by atoms with E-state index in [1.54, 1.807) is 53.1 Å². The van der Waals surface area contributed by atoms with Crippen molar-refractivity contribution in [3.8, 4) is 11.5 Å². The monoisotopic (exact) mass is 331 g/mol. The van der Waals surface area contributed by atoms with E-state index in [0.717, 1.165) is 5.75 Å². The Kier molecular flexibility index (Phi) is 3.61. The van der Waals surface area contributed by atoms with Gasteiger partial charge in [-0.3, -0.25) is 4.79 Å². The summed E-state index contributed by atoms with van der Waals surface area (Å²) in [5.41, 5.74) is 1.07. The van der Waals surface area contributed by atoms with Gasteiger partial charge in [-0.25, -0.2) is 4.39 Å². The minimum absolute atomic E-state index is 0.124. The van der Waals surface area contributed by atoms with Gasteiger partial charge < -0.3 is 14.4 Å². The molecule has 2 aliphatic rings. The van der Waals surface area contributed by atoms with E-state index in [1.165, 1.54) is 6.07 Å². The molecule has 4 nitrogen and oxygen atoms in total. The third kappa shape index (κ3) is 2.53. The van der Waals surface area contributed by atoms with E-state index in [1.807, 2.05) is 0 Å². The largest absolute Gasteiger partial charge is 0.454 e. The minimum Gasteiger partial charge on any atom is -0.454 e. The van der Waals surface area contributed by atoms with Crippen molar-refractivity contribution in [3.05, 3.63) is 59.4 Å². The molecule has 6 heteroatoms. The summed E-state index contributed by atoms with van der Waals surface area (Å²) in [7, 11) is 0. The lowest BCUT2D eigenvalue weighted by Crippen LogP contribution is -2.30. The Balaban J connectivity index is 1.64. The van der Waals surface area contributed by atoms with Gasteiger partial charge in [-0.05, 0) is 24.3 Å². The van der Waals surface area contributed by atoms with Crippen molar-refractivity contribution in [2.45, 2.75) is 5.37 Å². The van der Waals surface area contributed by atoms with Crippen molar-refractivity contribution < 1.29 is 18.7 Å². The molecular weight excluding hydrogens is 317 g/mol. The molecule has 1 fully saturated rings. The highest BCUT2D eigenvalue weighted by atomic mass is 32.2. The predicted octanol–water partition coefficient (Wildman–Crippen LogP) is 3.44. The van der Waals surface area contributed by atoms with Crippen LogP contribution in [0.2, 0.25) is 0 Å². The fourth-order valence-corrected chi connectivity index (χ4v) is 4.08. The number of carbonyl (C=O) groups excluding carboxylic acids is 1. The Labute approximate surface area is 137 Å². The first-order chi connectivity index (χ1) is 11.2. The summed E-state index contributed by atoms with van der Waals surface area (Å²) in [6.07, 6.45) is 0. The predicted molar refractivity (Wildman–Crippen MR) is 85.2 cm³/mol. The second-order valence-electron chi connectivity index (χ2n) is 5.31. The number of benzene rings is 2. The number of ether oxygens (including phenoxy) is 2. The standard InChI is InChI=1S/C17H14FNO3S/c18-13-4-2-1-3-12(13)17-19(7-8-23-17)16(20)11-5-6-14-15(9-11)22-10-21-14/h1-6,9,17H,7-8,10H2/t17-/m1/s1. The maximum absolute atomic E-state index is 14.1.